The van der Waals surface area contributed by atoms with Gasteiger partial charge in [0, 0.05) is 5.41 Å². The van der Waals surface area contributed by atoms with E-state index in [9.17, 15) is 19.8 Å². The molecule has 2 unspecified atom stereocenters. The summed E-state index contributed by atoms with van der Waals surface area (Å²) in [5, 5.41) is 38.2. The van der Waals surface area contributed by atoms with Crippen LogP contribution >= 0.6 is 0 Å². The highest BCUT2D eigenvalue weighted by atomic mass is 16.4. The third-order valence-corrected chi connectivity index (χ3v) is 3.78. The molecular formula is C13H18O6. The Morgan fingerprint density at radius 3 is 2.16 bits per heavy atom. The molecule has 0 bridgehead atoms. The zero-order chi connectivity index (χ0) is 15.0. The highest BCUT2D eigenvalue weighted by Crippen LogP contribution is 2.46. The Morgan fingerprint density at radius 1 is 1.21 bits per heavy atom. The smallest absolute Gasteiger partial charge is 0.307 e. The monoisotopic (exact) mass is 270 g/mol. The maximum absolute atomic E-state index is 11.0. The van der Waals surface area contributed by atoms with Gasteiger partial charge in [-0.2, -0.15) is 0 Å². The Labute approximate surface area is 110 Å². The molecule has 106 valence electrons. The van der Waals surface area contributed by atoms with Crippen molar-refractivity contribution in [3.05, 3.63) is 22.5 Å². The number of aliphatic hydroxyl groups is 2. The number of carbonyl (C=O) groups is 2. The van der Waals surface area contributed by atoms with Gasteiger partial charge in [0.2, 0.25) is 0 Å². The number of allylic oxidation sites excluding steroid dienone is 1. The van der Waals surface area contributed by atoms with E-state index in [0.717, 1.165) is 0 Å². The van der Waals surface area contributed by atoms with Crippen LogP contribution in [0.1, 0.15) is 33.6 Å². The lowest BCUT2D eigenvalue weighted by atomic mass is 9.66. The molecule has 1 aliphatic carbocycles. The molecule has 2 atom stereocenters. The molecule has 19 heavy (non-hydrogen) atoms. The molecule has 0 aromatic rings. The van der Waals surface area contributed by atoms with Crippen molar-refractivity contribution < 1.29 is 30.0 Å². The SMILES string of the molecule is CC1=C(C)C(O)C(C)(CC(=O)O)C(CC(=O)O)=C1O. The fourth-order valence-corrected chi connectivity index (χ4v) is 2.49. The Morgan fingerprint density at radius 2 is 1.74 bits per heavy atom. The van der Waals surface area contributed by atoms with E-state index in [1.54, 1.807) is 13.8 Å². The lowest BCUT2D eigenvalue weighted by Gasteiger charge is -2.40. The largest absolute Gasteiger partial charge is 0.508 e. The van der Waals surface area contributed by atoms with E-state index < -0.39 is 36.3 Å². The summed E-state index contributed by atoms with van der Waals surface area (Å²) in [6, 6.07) is 0. The van der Waals surface area contributed by atoms with Crippen LogP contribution in [0.25, 0.3) is 0 Å². The van der Waals surface area contributed by atoms with Crippen molar-refractivity contribution in [3.63, 3.8) is 0 Å². The molecule has 0 radical (unpaired) electrons. The van der Waals surface area contributed by atoms with Crippen molar-refractivity contribution in [1.29, 1.82) is 0 Å². The first-order valence-corrected chi connectivity index (χ1v) is 5.83. The molecule has 1 aliphatic rings. The first-order valence-electron chi connectivity index (χ1n) is 5.83. The van der Waals surface area contributed by atoms with Crippen molar-refractivity contribution in [2.45, 2.75) is 39.7 Å². The second-order valence-electron chi connectivity index (χ2n) is 5.10. The number of aliphatic hydroxyl groups excluding tert-OH is 2. The van der Waals surface area contributed by atoms with E-state index in [2.05, 4.69) is 0 Å². The predicted octanol–water partition coefficient (Wildman–Crippen LogP) is 1.47. The van der Waals surface area contributed by atoms with Gasteiger partial charge in [-0.25, -0.2) is 0 Å². The van der Waals surface area contributed by atoms with E-state index >= 15 is 0 Å². The molecule has 0 saturated heterocycles. The van der Waals surface area contributed by atoms with E-state index in [1.165, 1.54) is 6.92 Å². The second-order valence-corrected chi connectivity index (χ2v) is 5.10. The van der Waals surface area contributed by atoms with Crippen molar-refractivity contribution >= 4 is 11.9 Å². The number of carboxylic acid groups (broad SMARTS) is 2. The molecule has 0 aromatic carbocycles. The molecule has 0 aliphatic heterocycles. The van der Waals surface area contributed by atoms with Crippen LogP contribution in [0.2, 0.25) is 0 Å². The van der Waals surface area contributed by atoms with Crippen LogP contribution in [0.15, 0.2) is 22.5 Å². The van der Waals surface area contributed by atoms with Gasteiger partial charge in [0.1, 0.15) is 5.76 Å². The van der Waals surface area contributed by atoms with Gasteiger partial charge in [-0.1, -0.05) is 6.92 Å². The molecule has 0 heterocycles. The van der Waals surface area contributed by atoms with Crippen LogP contribution in [-0.4, -0.2) is 38.5 Å². The highest BCUT2D eigenvalue weighted by Gasteiger charge is 2.45. The molecule has 0 amide bonds. The summed E-state index contributed by atoms with van der Waals surface area (Å²) in [6.07, 6.45) is -2.09. The van der Waals surface area contributed by atoms with Crippen molar-refractivity contribution in [1.82, 2.24) is 0 Å². The van der Waals surface area contributed by atoms with Gasteiger partial charge in [0.15, 0.2) is 0 Å². The topological polar surface area (TPSA) is 115 Å². The number of hydrogen-bond acceptors (Lipinski definition) is 4. The predicted molar refractivity (Wildman–Crippen MR) is 66.6 cm³/mol. The summed E-state index contributed by atoms with van der Waals surface area (Å²) in [7, 11) is 0. The molecule has 0 saturated carbocycles. The molecule has 6 nitrogen and oxygen atoms in total. The summed E-state index contributed by atoms with van der Waals surface area (Å²) in [4.78, 5) is 21.9. The van der Waals surface area contributed by atoms with Crippen molar-refractivity contribution in [3.8, 4) is 0 Å². The quantitative estimate of drug-likeness (QED) is 0.615. The Kier molecular flexibility index (Phi) is 4.05. The summed E-state index contributed by atoms with van der Waals surface area (Å²) in [6.45, 7) is 4.61. The minimum absolute atomic E-state index is 0.0537. The lowest BCUT2D eigenvalue weighted by Crippen LogP contribution is -2.41. The molecule has 0 fully saturated rings. The number of rotatable bonds is 4. The second kappa shape index (κ2) is 5.05. The van der Waals surface area contributed by atoms with Gasteiger partial charge in [0.05, 0.1) is 18.9 Å². The summed E-state index contributed by atoms with van der Waals surface area (Å²) in [5.74, 6) is -2.57. The average molecular weight is 270 g/mol. The maximum atomic E-state index is 11.0. The lowest BCUT2D eigenvalue weighted by molar-refractivity contribution is -0.142. The minimum atomic E-state index is -1.32. The highest BCUT2D eigenvalue weighted by molar-refractivity contribution is 5.74. The van der Waals surface area contributed by atoms with Gasteiger partial charge in [-0.3, -0.25) is 9.59 Å². The van der Waals surface area contributed by atoms with Gasteiger partial charge in [-0.05, 0) is 30.6 Å². The van der Waals surface area contributed by atoms with Crippen molar-refractivity contribution in [2.24, 2.45) is 5.41 Å². The van der Waals surface area contributed by atoms with Gasteiger partial charge < -0.3 is 20.4 Å². The fraction of sp³-hybridized carbons (Fsp3) is 0.538. The summed E-state index contributed by atoms with van der Waals surface area (Å²) >= 11 is 0. The molecule has 0 spiro atoms. The van der Waals surface area contributed by atoms with E-state index in [1.807, 2.05) is 0 Å². The van der Waals surface area contributed by atoms with Crippen LogP contribution in [0, 0.1) is 5.41 Å². The molecule has 0 aromatic heterocycles. The van der Waals surface area contributed by atoms with Crippen LogP contribution in [0.5, 0.6) is 0 Å². The van der Waals surface area contributed by atoms with Crippen LogP contribution < -0.4 is 0 Å². The van der Waals surface area contributed by atoms with Crippen LogP contribution in [0.4, 0.5) is 0 Å². The van der Waals surface area contributed by atoms with Crippen molar-refractivity contribution in [2.75, 3.05) is 0 Å². The zero-order valence-electron chi connectivity index (χ0n) is 11.1. The molecule has 6 heteroatoms. The Bertz CT molecular complexity index is 487. The summed E-state index contributed by atoms with van der Waals surface area (Å²) in [5.41, 5.74) is -0.419. The summed E-state index contributed by atoms with van der Waals surface area (Å²) < 4.78 is 0. The number of carboxylic acids is 2. The normalized spacial score (nSPS) is 27.7. The third-order valence-electron chi connectivity index (χ3n) is 3.78. The van der Waals surface area contributed by atoms with E-state index in [0.29, 0.717) is 11.1 Å². The van der Waals surface area contributed by atoms with Gasteiger partial charge in [0.25, 0.3) is 0 Å². The Hall–Kier alpha value is -1.82. The van der Waals surface area contributed by atoms with Crippen LogP contribution in [-0.2, 0) is 9.59 Å². The van der Waals surface area contributed by atoms with Gasteiger partial charge >= 0.3 is 11.9 Å². The standard InChI is InChI=1S/C13H18O6/c1-6-7(2)12(19)13(3,5-10(16)17)8(11(6)18)4-9(14)15/h12,18-19H,4-5H2,1-3H3,(H,14,15)(H,16,17). The molecule has 4 N–H and O–H groups in total. The zero-order valence-corrected chi connectivity index (χ0v) is 11.1. The first kappa shape index (κ1) is 15.2. The average Bonchev–Trinajstić information content (AvgIpc) is 2.29. The third kappa shape index (κ3) is 2.63. The van der Waals surface area contributed by atoms with E-state index in [-0.39, 0.29) is 11.3 Å². The maximum Gasteiger partial charge on any atom is 0.307 e. The fourth-order valence-electron chi connectivity index (χ4n) is 2.49. The first-order chi connectivity index (χ1) is 8.61. The number of aliphatic carboxylic acids is 2. The minimum Gasteiger partial charge on any atom is -0.508 e. The van der Waals surface area contributed by atoms with E-state index in [4.69, 9.17) is 10.2 Å². The van der Waals surface area contributed by atoms with Gasteiger partial charge in [-0.15, -0.1) is 0 Å². The van der Waals surface area contributed by atoms with Crippen LogP contribution in [0.3, 0.4) is 0 Å². The number of hydrogen-bond donors (Lipinski definition) is 4. The molecular weight excluding hydrogens is 252 g/mol. The molecule has 1 rings (SSSR count). The Balaban J connectivity index is 3.42.